The molecule has 35 heavy (non-hydrogen) atoms. The van der Waals surface area contributed by atoms with Crippen LogP contribution in [0.4, 0.5) is 0 Å². The number of nitrogens with zero attached hydrogens (tertiary/aromatic N) is 3. The van der Waals surface area contributed by atoms with Crippen molar-refractivity contribution < 1.29 is 19.1 Å². The summed E-state index contributed by atoms with van der Waals surface area (Å²) in [4.78, 5) is 32.7. The highest BCUT2D eigenvalue weighted by Gasteiger charge is 2.27. The van der Waals surface area contributed by atoms with Crippen molar-refractivity contribution in [3.05, 3.63) is 35.4 Å². The summed E-state index contributed by atoms with van der Waals surface area (Å²) < 4.78 is 11.4. The van der Waals surface area contributed by atoms with E-state index in [1.165, 1.54) is 18.6 Å². The number of hydrogen-bond donors (Lipinski definition) is 0. The predicted molar refractivity (Wildman–Crippen MR) is 140 cm³/mol. The van der Waals surface area contributed by atoms with Crippen LogP contribution in [0, 0.1) is 0 Å². The first-order chi connectivity index (χ1) is 17.0. The largest absolute Gasteiger partial charge is 0.496 e. The van der Waals surface area contributed by atoms with Gasteiger partial charge in [0.2, 0.25) is 5.91 Å². The molecule has 2 aliphatic heterocycles. The van der Waals surface area contributed by atoms with Gasteiger partial charge < -0.3 is 19.3 Å². The first-order valence-electron chi connectivity index (χ1n) is 13.2. The van der Waals surface area contributed by atoms with Crippen molar-refractivity contribution in [3.8, 4) is 11.5 Å². The summed E-state index contributed by atoms with van der Waals surface area (Å²) in [6, 6.07) is 4.12. The zero-order chi connectivity index (χ0) is 25.2. The topological polar surface area (TPSA) is 62.3 Å². The zero-order valence-electron chi connectivity index (χ0n) is 22.1. The molecular formula is C28H43N3O4. The third-order valence-corrected chi connectivity index (χ3v) is 7.19. The van der Waals surface area contributed by atoms with E-state index < -0.39 is 0 Å². The van der Waals surface area contributed by atoms with Gasteiger partial charge in [-0.15, -0.1) is 0 Å². The van der Waals surface area contributed by atoms with E-state index in [0.717, 1.165) is 82.7 Å². The maximum Gasteiger partial charge on any atom is 0.246 e. The van der Waals surface area contributed by atoms with Crippen molar-refractivity contribution >= 4 is 11.7 Å². The molecule has 2 aliphatic rings. The van der Waals surface area contributed by atoms with Gasteiger partial charge in [0.1, 0.15) is 11.5 Å². The normalized spacial score (nSPS) is 18.6. The molecule has 7 nitrogen and oxygen atoms in total. The van der Waals surface area contributed by atoms with Crippen LogP contribution in [0.5, 0.6) is 11.5 Å². The van der Waals surface area contributed by atoms with Crippen LogP contribution in [-0.2, 0) is 11.2 Å². The van der Waals surface area contributed by atoms with Crippen LogP contribution >= 0.6 is 0 Å². The number of rotatable bonds is 10. The molecule has 0 aromatic heterocycles. The lowest BCUT2D eigenvalue weighted by molar-refractivity contribution is -0.127. The molecule has 0 N–H and O–H groups in total. The Kier molecular flexibility index (Phi) is 10.6. The molecule has 0 aliphatic carbocycles. The van der Waals surface area contributed by atoms with Crippen LogP contribution in [0.2, 0.25) is 0 Å². The molecule has 1 aromatic rings. The van der Waals surface area contributed by atoms with E-state index in [2.05, 4.69) is 23.8 Å². The lowest BCUT2D eigenvalue weighted by Gasteiger charge is -2.37. The summed E-state index contributed by atoms with van der Waals surface area (Å²) in [5, 5.41) is 0. The number of amides is 1. The van der Waals surface area contributed by atoms with E-state index in [1.807, 2.05) is 17.9 Å². The number of likely N-dealkylation sites (N-methyl/N-ethyl adjacent to an activating group) is 1. The average Bonchev–Trinajstić information content (AvgIpc) is 3.10. The molecule has 7 heteroatoms. The molecule has 0 saturated carbocycles. The third-order valence-electron chi connectivity index (χ3n) is 7.19. The maximum absolute atomic E-state index is 13.0. The highest BCUT2D eigenvalue weighted by molar-refractivity contribution is 6.09. The van der Waals surface area contributed by atoms with Gasteiger partial charge in [-0.05, 0) is 77.4 Å². The third kappa shape index (κ3) is 7.31. The van der Waals surface area contributed by atoms with Crippen molar-refractivity contribution in [1.82, 2.24) is 14.7 Å². The minimum Gasteiger partial charge on any atom is -0.496 e. The van der Waals surface area contributed by atoms with E-state index >= 15 is 0 Å². The summed E-state index contributed by atoms with van der Waals surface area (Å²) in [6.07, 6.45) is 8.79. The Hall–Kier alpha value is -2.38. The Bertz CT molecular complexity index is 877. The molecule has 3 rings (SSSR count). The van der Waals surface area contributed by atoms with Crippen molar-refractivity contribution in [2.75, 3.05) is 60.0 Å². The van der Waals surface area contributed by atoms with Crippen LogP contribution in [0.15, 0.2) is 24.3 Å². The van der Waals surface area contributed by atoms with E-state index in [-0.39, 0.29) is 11.7 Å². The fourth-order valence-electron chi connectivity index (χ4n) is 5.14. The second-order valence-corrected chi connectivity index (χ2v) is 9.61. The molecular weight excluding hydrogens is 442 g/mol. The number of likely N-dealkylation sites (tertiary alicyclic amines) is 1. The molecule has 194 valence electrons. The van der Waals surface area contributed by atoms with Crippen molar-refractivity contribution in [2.45, 2.75) is 58.4 Å². The molecule has 2 saturated heterocycles. The number of piperidine rings is 1. The first kappa shape index (κ1) is 27.2. The second-order valence-electron chi connectivity index (χ2n) is 9.61. The van der Waals surface area contributed by atoms with Gasteiger partial charge in [-0.1, -0.05) is 13.3 Å². The van der Waals surface area contributed by atoms with Gasteiger partial charge in [-0.3, -0.25) is 14.5 Å². The highest BCUT2D eigenvalue weighted by Crippen LogP contribution is 2.34. The number of carbonyl (C=O) groups is 2. The molecule has 0 unspecified atom stereocenters. The van der Waals surface area contributed by atoms with E-state index in [1.54, 1.807) is 13.2 Å². The Morgan fingerprint density at radius 1 is 1.03 bits per heavy atom. The minimum atomic E-state index is -0.223. The number of carbonyl (C=O) groups excluding carboxylic acids is 2. The minimum absolute atomic E-state index is 0.0940. The lowest BCUT2D eigenvalue weighted by atomic mass is 9.99. The van der Waals surface area contributed by atoms with Crippen molar-refractivity contribution in [3.63, 3.8) is 0 Å². The fourth-order valence-corrected chi connectivity index (χ4v) is 5.14. The monoisotopic (exact) mass is 485 g/mol. The summed E-state index contributed by atoms with van der Waals surface area (Å²) in [7, 11) is 3.77. The molecule has 0 radical (unpaired) electrons. The molecule has 0 atom stereocenters. The van der Waals surface area contributed by atoms with Gasteiger partial charge in [-0.2, -0.15) is 0 Å². The quantitative estimate of drug-likeness (QED) is 0.371. The first-order valence-corrected chi connectivity index (χ1v) is 13.2. The number of allylic oxidation sites excluding steroid dienone is 1. The van der Waals surface area contributed by atoms with Crippen molar-refractivity contribution in [1.29, 1.82) is 0 Å². The Labute approximate surface area is 211 Å². The Morgan fingerprint density at radius 3 is 2.49 bits per heavy atom. The second kappa shape index (κ2) is 13.6. The number of hydrogen-bond acceptors (Lipinski definition) is 6. The van der Waals surface area contributed by atoms with E-state index in [9.17, 15) is 9.59 Å². The van der Waals surface area contributed by atoms with E-state index in [4.69, 9.17) is 9.47 Å². The van der Waals surface area contributed by atoms with Gasteiger partial charge in [0, 0.05) is 43.9 Å². The summed E-state index contributed by atoms with van der Waals surface area (Å²) in [5.74, 6) is 0.992. The summed E-state index contributed by atoms with van der Waals surface area (Å²) in [5.41, 5.74) is 1.39. The zero-order valence-corrected chi connectivity index (χ0v) is 22.1. The van der Waals surface area contributed by atoms with Gasteiger partial charge in [0.15, 0.2) is 5.78 Å². The number of methoxy groups -OCH3 is 1. The highest BCUT2D eigenvalue weighted by atomic mass is 16.5. The standard InChI is InChI=1S/C28H43N3O4/c1-5-7-9-24-26(35-6-2)12-10-23(28(24)34-4)25(32)11-13-27(33)31-18-14-22(15-19-31)30-17-8-16-29(3)20-21-30/h10-13,22H,5-9,14-21H2,1-4H3. The smallest absolute Gasteiger partial charge is 0.246 e. The van der Waals surface area contributed by atoms with Crippen LogP contribution in [0.1, 0.15) is 61.9 Å². The van der Waals surface area contributed by atoms with Crippen molar-refractivity contribution in [2.24, 2.45) is 0 Å². The molecule has 1 amide bonds. The Morgan fingerprint density at radius 2 is 1.80 bits per heavy atom. The van der Waals surface area contributed by atoms with E-state index in [0.29, 0.717) is 24.0 Å². The molecule has 0 bridgehead atoms. The average molecular weight is 486 g/mol. The summed E-state index contributed by atoms with van der Waals surface area (Å²) in [6.45, 7) is 10.6. The fraction of sp³-hybridized carbons (Fsp3) is 0.643. The van der Waals surface area contributed by atoms with Gasteiger partial charge in [0.25, 0.3) is 0 Å². The molecule has 0 spiro atoms. The number of ketones is 1. The Balaban J connectivity index is 1.61. The van der Waals surface area contributed by atoms with Gasteiger partial charge >= 0.3 is 0 Å². The van der Waals surface area contributed by atoms with Crippen LogP contribution in [0.3, 0.4) is 0 Å². The maximum atomic E-state index is 13.0. The predicted octanol–water partition coefficient (Wildman–Crippen LogP) is 3.80. The molecule has 2 fully saturated rings. The number of benzene rings is 1. The van der Waals surface area contributed by atoms with Gasteiger partial charge in [-0.25, -0.2) is 0 Å². The number of unbranched alkanes of at least 4 members (excludes halogenated alkanes) is 1. The van der Waals surface area contributed by atoms with Crippen LogP contribution < -0.4 is 9.47 Å². The van der Waals surface area contributed by atoms with Crippen LogP contribution in [0.25, 0.3) is 0 Å². The number of ether oxygens (including phenoxy) is 2. The molecule has 2 heterocycles. The summed E-state index contributed by atoms with van der Waals surface area (Å²) >= 11 is 0. The lowest BCUT2D eigenvalue weighted by Crippen LogP contribution is -2.47. The SMILES string of the molecule is CCCCc1c(OCC)ccc(C(=O)C=CC(=O)N2CCC(N3CCCN(C)CC3)CC2)c1OC. The van der Waals surface area contributed by atoms with Gasteiger partial charge in [0.05, 0.1) is 19.3 Å². The molecule has 1 aromatic carbocycles. The van der Waals surface area contributed by atoms with Crippen LogP contribution in [-0.4, -0.2) is 92.5 Å².